The Morgan fingerprint density at radius 1 is 0.914 bits per heavy atom. The average Bonchev–Trinajstić information content (AvgIpc) is 3.75. The van der Waals surface area contributed by atoms with Gasteiger partial charge in [-0.25, -0.2) is 13.8 Å². The molecule has 1 aliphatic heterocycles. The van der Waals surface area contributed by atoms with Crippen LogP contribution < -0.4 is 16.6 Å². The number of aliphatic hydroxyl groups is 1. The van der Waals surface area contributed by atoms with Crippen molar-refractivity contribution in [1.29, 1.82) is 0 Å². The van der Waals surface area contributed by atoms with Gasteiger partial charge in [0, 0.05) is 37.0 Å². The number of carbonyl (C=O) groups is 5. The minimum Gasteiger partial charge on any atom is -0.387 e. The van der Waals surface area contributed by atoms with E-state index >= 15 is 0 Å². The molecule has 0 fully saturated rings. The lowest BCUT2D eigenvalue weighted by Gasteiger charge is -2.40. The molecule has 58 heavy (non-hydrogen) atoms. The SMILES string of the molecule is CC(C)(C)C(c1nc(-c2cc(F)ccc2F)cn1Cc1ccccc1)N(CCC(N)C(=O)NNC(=O)CCOCCOCCOCCN1C(=O)C=CC1=O)C(=O)CO. The summed E-state index contributed by atoms with van der Waals surface area (Å²) in [6.07, 6.45) is 3.85. The number of amides is 5. The van der Waals surface area contributed by atoms with Crippen LogP contribution in [0.15, 0.2) is 66.9 Å². The molecule has 1 aliphatic rings. The molecule has 0 saturated heterocycles. The maximum atomic E-state index is 15.0. The second-order valence-electron chi connectivity index (χ2n) is 14.4. The lowest BCUT2D eigenvalue weighted by molar-refractivity contribution is -0.140. The van der Waals surface area contributed by atoms with Crippen LogP contribution in [0.25, 0.3) is 11.3 Å². The Hall–Kier alpha value is -5.40. The van der Waals surface area contributed by atoms with Gasteiger partial charge in [-0.2, -0.15) is 0 Å². The van der Waals surface area contributed by atoms with Gasteiger partial charge < -0.3 is 34.5 Å². The standard InChI is InChI=1S/C40H51F2N7O9/c1-40(2,3)37(38-44-32(29-23-28(41)9-10-30(29)42)25-47(38)24-27-7-5-4-6-8-27)49(36(54)26-50)15-13-31(43)39(55)46-45-33(51)14-17-56-19-21-58-22-20-57-18-16-48-34(52)11-12-35(48)53/h4-12,23,25,31,37,50H,13-22,24,26,43H2,1-3H3,(H,45,51)(H,46,55). The predicted molar refractivity (Wildman–Crippen MR) is 206 cm³/mol. The number of nitrogens with one attached hydrogen (secondary N) is 2. The number of hydrazine groups is 1. The Morgan fingerprint density at radius 2 is 1.55 bits per heavy atom. The van der Waals surface area contributed by atoms with Crippen LogP contribution in [0.2, 0.25) is 0 Å². The molecule has 2 aromatic carbocycles. The molecule has 0 saturated carbocycles. The molecule has 314 valence electrons. The number of carbonyl (C=O) groups excluding carboxylic acids is 5. The summed E-state index contributed by atoms with van der Waals surface area (Å²) in [5.74, 6) is -3.67. The van der Waals surface area contributed by atoms with Crippen LogP contribution in [0, 0.1) is 17.0 Å². The van der Waals surface area contributed by atoms with Gasteiger partial charge in [-0.05, 0) is 35.6 Å². The van der Waals surface area contributed by atoms with Crippen LogP contribution >= 0.6 is 0 Å². The van der Waals surface area contributed by atoms with E-state index in [2.05, 4.69) is 10.9 Å². The molecule has 5 amide bonds. The Labute approximate surface area is 335 Å². The first-order chi connectivity index (χ1) is 27.7. The van der Waals surface area contributed by atoms with Gasteiger partial charge in [0.05, 0.1) is 70.4 Å². The van der Waals surface area contributed by atoms with Crippen molar-refractivity contribution in [2.75, 3.05) is 59.3 Å². The summed E-state index contributed by atoms with van der Waals surface area (Å²) >= 11 is 0. The van der Waals surface area contributed by atoms with Gasteiger partial charge in [0.2, 0.25) is 11.8 Å². The molecule has 0 aliphatic carbocycles. The van der Waals surface area contributed by atoms with Gasteiger partial charge in [-0.3, -0.25) is 39.7 Å². The Kier molecular flexibility index (Phi) is 17.1. The first kappa shape index (κ1) is 45.3. The smallest absolute Gasteiger partial charge is 0.255 e. The highest BCUT2D eigenvalue weighted by Gasteiger charge is 2.38. The third-order valence-electron chi connectivity index (χ3n) is 8.96. The van der Waals surface area contributed by atoms with E-state index in [1.165, 1.54) is 17.1 Å². The van der Waals surface area contributed by atoms with E-state index in [1.807, 2.05) is 51.1 Å². The normalized spacial score (nSPS) is 13.8. The molecule has 2 unspecified atom stereocenters. The number of halogens is 2. The molecule has 2 atom stereocenters. The van der Waals surface area contributed by atoms with Gasteiger partial charge >= 0.3 is 0 Å². The Bertz CT molecular complexity index is 1880. The highest BCUT2D eigenvalue weighted by atomic mass is 19.1. The van der Waals surface area contributed by atoms with E-state index in [9.17, 15) is 37.9 Å². The van der Waals surface area contributed by atoms with E-state index in [1.54, 1.807) is 10.8 Å². The van der Waals surface area contributed by atoms with Crippen molar-refractivity contribution in [3.63, 3.8) is 0 Å². The largest absolute Gasteiger partial charge is 0.387 e. The Morgan fingerprint density at radius 3 is 2.19 bits per heavy atom. The van der Waals surface area contributed by atoms with Crippen LogP contribution in [0.5, 0.6) is 0 Å². The number of imide groups is 1. The van der Waals surface area contributed by atoms with Crippen molar-refractivity contribution in [1.82, 2.24) is 30.2 Å². The van der Waals surface area contributed by atoms with E-state index in [0.29, 0.717) is 5.82 Å². The molecule has 3 aromatic rings. The van der Waals surface area contributed by atoms with Crippen LogP contribution in [0.4, 0.5) is 8.78 Å². The number of hydrogen-bond donors (Lipinski definition) is 4. The number of imidazole rings is 1. The molecule has 5 N–H and O–H groups in total. The first-order valence-electron chi connectivity index (χ1n) is 18.8. The summed E-state index contributed by atoms with van der Waals surface area (Å²) in [6, 6.07) is 10.4. The lowest BCUT2D eigenvalue weighted by atomic mass is 9.84. The number of nitrogens with zero attached hydrogens (tertiary/aromatic N) is 4. The van der Waals surface area contributed by atoms with Crippen molar-refractivity contribution in [2.45, 2.75) is 52.2 Å². The van der Waals surface area contributed by atoms with Crippen molar-refractivity contribution in [3.8, 4) is 11.3 Å². The fourth-order valence-corrected chi connectivity index (χ4v) is 6.07. The van der Waals surface area contributed by atoms with Crippen molar-refractivity contribution >= 4 is 29.5 Å². The van der Waals surface area contributed by atoms with E-state index in [4.69, 9.17) is 24.9 Å². The quantitative estimate of drug-likeness (QED) is 0.0656. The summed E-state index contributed by atoms with van der Waals surface area (Å²) < 4.78 is 47.1. The van der Waals surface area contributed by atoms with Crippen molar-refractivity contribution in [2.24, 2.45) is 11.1 Å². The van der Waals surface area contributed by atoms with Crippen LogP contribution in [0.3, 0.4) is 0 Å². The van der Waals surface area contributed by atoms with Crippen LogP contribution in [-0.4, -0.2) is 119 Å². The molecule has 0 spiro atoms. The number of hydrogen-bond acceptors (Lipinski definition) is 11. The molecule has 18 heteroatoms. The fraction of sp³-hybridized carbons (Fsp3) is 0.450. The first-order valence-corrected chi connectivity index (χ1v) is 18.8. The summed E-state index contributed by atoms with van der Waals surface area (Å²) in [5, 5.41) is 10.0. The van der Waals surface area contributed by atoms with Gasteiger partial charge in [0.15, 0.2) is 0 Å². The zero-order valence-corrected chi connectivity index (χ0v) is 32.8. The second-order valence-corrected chi connectivity index (χ2v) is 14.4. The van der Waals surface area contributed by atoms with Gasteiger partial charge in [-0.15, -0.1) is 0 Å². The number of benzene rings is 2. The maximum Gasteiger partial charge on any atom is 0.255 e. The topological polar surface area (TPSA) is 208 Å². The average molecular weight is 812 g/mol. The van der Waals surface area contributed by atoms with Crippen molar-refractivity contribution < 1.29 is 52.1 Å². The zero-order chi connectivity index (χ0) is 42.2. The van der Waals surface area contributed by atoms with Crippen LogP contribution in [0.1, 0.15) is 51.0 Å². The predicted octanol–water partition coefficient (Wildman–Crippen LogP) is 2.01. The molecule has 0 bridgehead atoms. The minimum absolute atomic E-state index is 0.0412. The molecule has 16 nitrogen and oxygen atoms in total. The maximum absolute atomic E-state index is 15.0. The molecular weight excluding hydrogens is 760 g/mol. The summed E-state index contributed by atoms with van der Waals surface area (Å²) in [5.41, 5.74) is 11.0. The van der Waals surface area contributed by atoms with Crippen molar-refractivity contribution in [3.05, 3.63) is 89.9 Å². The highest BCUT2D eigenvalue weighted by molar-refractivity contribution is 6.12. The number of aromatic nitrogens is 2. The minimum atomic E-state index is -1.18. The monoisotopic (exact) mass is 811 g/mol. The number of nitrogens with two attached hydrogens (primary N) is 1. The van der Waals surface area contributed by atoms with Gasteiger partial charge in [-0.1, -0.05) is 51.1 Å². The Balaban J connectivity index is 1.27. The third kappa shape index (κ3) is 13.3. The number of rotatable bonds is 22. The van der Waals surface area contributed by atoms with E-state index in [0.717, 1.165) is 28.7 Å². The third-order valence-corrected chi connectivity index (χ3v) is 8.96. The summed E-state index contributed by atoms with van der Waals surface area (Å²) in [4.78, 5) is 68.8. The zero-order valence-electron chi connectivity index (χ0n) is 32.8. The van der Waals surface area contributed by atoms with Crippen LogP contribution in [-0.2, 0) is 44.7 Å². The molecular formula is C40H51F2N7O9. The summed E-state index contributed by atoms with van der Waals surface area (Å²) in [6.45, 7) is 6.22. The number of aliphatic hydroxyl groups excluding tert-OH is 1. The number of ether oxygens (including phenoxy) is 3. The fourth-order valence-electron chi connectivity index (χ4n) is 6.07. The second kappa shape index (κ2) is 21.9. The summed E-state index contributed by atoms with van der Waals surface area (Å²) in [7, 11) is 0. The van der Waals surface area contributed by atoms with E-state index < -0.39 is 53.5 Å². The van der Waals surface area contributed by atoms with Gasteiger partial charge in [0.25, 0.3) is 17.7 Å². The van der Waals surface area contributed by atoms with Gasteiger partial charge in [0.1, 0.15) is 24.1 Å². The molecule has 1 aromatic heterocycles. The molecule has 0 radical (unpaired) electrons. The van der Waals surface area contributed by atoms with E-state index in [-0.39, 0.29) is 95.2 Å². The lowest BCUT2D eigenvalue weighted by Crippen LogP contribution is -2.51. The molecule has 2 heterocycles. The highest BCUT2D eigenvalue weighted by Crippen LogP contribution is 2.39. The molecule has 4 rings (SSSR count).